The monoisotopic (exact) mass is 760 g/mol. The molecule has 4 nitrogen and oxygen atoms in total. The number of hydrogen-bond donors (Lipinski definition) is 0. The highest BCUT2D eigenvalue weighted by Crippen LogP contribution is 2.44. The Hall–Kier alpha value is -8.26. The number of aromatic nitrogens is 3. The van der Waals surface area contributed by atoms with Gasteiger partial charge >= 0.3 is 0 Å². The topological polar surface area (TPSA) is 62.5 Å². The fourth-order valence-corrected chi connectivity index (χ4v) is 9.22. The number of nitriles is 1. The number of nitrogens with zero attached hydrogens (tertiary/aromatic N) is 4. The van der Waals surface area contributed by atoms with E-state index in [2.05, 4.69) is 164 Å². The molecule has 12 aromatic rings. The van der Waals surface area contributed by atoms with Crippen LogP contribution in [0, 0.1) is 11.3 Å². The van der Waals surface area contributed by atoms with E-state index < -0.39 is 0 Å². The molecule has 0 aliphatic carbocycles. The summed E-state index contributed by atoms with van der Waals surface area (Å²) in [6.45, 7) is 0. The van der Waals surface area contributed by atoms with Gasteiger partial charge in [-0.2, -0.15) is 5.26 Å². The van der Waals surface area contributed by atoms with Gasteiger partial charge in [-0.1, -0.05) is 158 Å². The van der Waals surface area contributed by atoms with Crippen molar-refractivity contribution in [2.24, 2.45) is 0 Å². The summed E-state index contributed by atoms with van der Waals surface area (Å²) >= 11 is 0. The van der Waals surface area contributed by atoms with E-state index in [1.54, 1.807) is 0 Å². The van der Waals surface area contributed by atoms with Crippen LogP contribution in [0.4, 0.5) is 0 Å². The maximum Gasteiger partial charge on any atom is 0.164 e. The first-order chi connectivity index (χ1) is 29.7. The summed E-state index contributed by atoms with van der Waals surface area (Å²) in [5, 5.41) is 24.1. The summed E-state index contributed by atoms with van der Waals surface area (Å²) < 4.78 is 0. The minimum absolute atomic E-state index is 0.583. The minimum Gasteiger partial charge on any atom is -0.208 e. The molecule has 0 amide bonds. The van der Waals surface area contributed by atoms with Gasteiger partial charge in [0.2, 0.25) is 0 Å². The van der Waals surface area contributed by atoms with Gasteiger partial charge in [0.15, 0.2) is 17.5 Å². The van der Waals surface area contributed by atoms with Crippen LogP contribution in [-0.2, 0) is 0 Å². The number of benzene rings is 10. The maximum atomic E-state index is 9.42. The van der Waals surface area contributed by atoms with E-state index in [9.17, 15) is 5.26 Å². The van der Waals surface area contributed by atoms with Crippen molar-refractivity contribution in [2.75, 3.05) is 0 Å². The van der Waals surface area contributed by atoms with Crippen LogP contribution >= 0.6 is 0 Å². The van der Waals surface area contributed by atoms with Crippen molar-refractivity contribution < 1.29 is 0 Å². The summed E-state index contributed by atoms with van der Waals surface area (Å²) in [7, 11) is 0. The molecule has 0 atom stereocenters. The van der Waals surface area contributed by atoms with Gasteiger partial charge in [-0.05, 0) is 123 Å². The molecule has 0 saturated heterocycles. The molecule has 12 rings (SSSR count). The lowest BCUT2D eigenvalue weighted by atomic mass is 9.87. The molecule has 0 aliphatic rings. The second-order valence-electron chi connectivity index (χ2n) is 15.5. The molecule has 4 heteroatoms. The third-order valence-corrected chi connectivity index (χ3v) is 12.0. The first-order valence-corrected chi connectivity index (χ1v) is 20.1. The zero-order valence-corrected chi connectivity index (χ0v) is 32.3. The van der Waals surface area contributed by atoms with Gasteiger partial charge in [-0.25, -0.2) is 15.0 Å². The van der Waals surface area contributed by atoms with Crippen molar-refractivity contribution in [1.82, 2.24) is 15.0 Å². The third-order valence-electron chi connectivity index (χ3n) is 12.0. The van der Waals surface area contributed by atoms with Crippen LogP contribution in [0.3, 0.4) is 0 Å². The van der Waals surface area contributed by atoms with Gasteiger partial charge in [-0.3, -0.25) is 0 Å². The van der Waals surface area contributed by atoms with Crippen molar-refractivity contribution in [1.29, 1.82) is 5.26 Å². The lowest BCUT2D eigenvalue weighted by molar-refractivity contribution is 1.07. The Morgan fingerprint density at radius 2 is 0.700 bits per heavy atom. The van der Waals surface area contributed by atoms with E-state index in [-0.39, 0.29) is 0 Å². The predicted molar refractivity (Wildman–Crippen MR) is 248 cm³/mol. The number of fused-ring (bicyclic) bond motifs is 2. The Morgan fingerprint density at radius 3 is 1.23 bits per heavy atom. The van der Waals surface area contributed by atoms with Crippen LogP contribution in [0.1, 0.15) is 5.56 Å². The fraction of sp³-hybridized carbons (Fsp3) is 0. The van der Waals surface area contributed by atoms with E-state index in [4.69, 9.17) is 15.0 Å². The van der Waals surface area contributed by atoms with E-state index in [0.717, 1.165) is 49.7 Å². The van der Waals surface area contributed by atoms with E-state index in [0.29, 0.717) is 23.0 Å². The first kappa shape index (κ1) is 33.8. The molecule has 0 saturated carbocycles. The van der Waals surface area contributed by atoms with Crippen LogP contribution in [-0.4, -0.2) is 15.0 Å². The standard InChI is InChI=1S/C56H32N4/c57-33-34-21-23-36(24-22-34)41-15-5-17-44(30-41)55-58-54(43-16-4-14-40(29-43)35-9-2-1-3-10-35)59-56(60-55)45-31-42-28-27-39-12-7-19-47-46-18-6-11-37-25-26-38-13-8-20-48(52(38)50(37)46)49(32-45)53(42)51(39)47/h1-32H. The average molecular weight is 761 g/mol. The second-order valence-corrected chi connectivity index (χ2v) is 15.5. The van der Waals surface area contributed by atoms with Gasteiger partial charge in [-0.15, -0.1) is 0 Å². The van der Waals surface area contributed by atoms with Crippen LogP contribution in [0.25, 0.3) is 121 Å². The second kappa shape index (κ2) is 13.4. The Balaban J connectivity index is 1.15. The Morgan fingerprint density at radius 1 is 0.283 bits per heavy atom. The summed E-state index contributed by atoms with van der Waals surface area (Å²) in [5.74, 6) is 1.78. The summed E-state index contributed by atoms with van der Waals surface area (Å²) in [5.41, 5.74) is 7.57. The fourth-order valence-electron chi connectivity index (χ4n) is 9.22. The molecule has 0 N–H and O–H groups in total. The normalized spacial score (nSPS) is 11.7. The van der Waals surface area contributed by atoms with Crippen LogP contribution < -0.4 is 0 Å². The number of hydrogen-bond acceptors (Lipinski definition) is 4. The molecule has 276 valence electrons. The van der Waals surface area contributed by atoms with Crippen LogP contribution in [0.2, 0.25) is 0 Å². The molecule has 0 spiro atoms. The lowest BCUT2D eigenvalue weighted by Gasteiger charge is -2.17. The highest BCUT2D eigenvalue weighted by molar-refractivity contribution is 6.37. The quantitative estimate of drug-likeness (QED) is 0.164. The molecular weight excluding hydrogens is 729 g/mol. The zero-order chi connectivity index (χ0) is 39.7. The van der Waals surface area contributed by atoms with Gasteiger partial charge in [0.1, 0.15) is 0 Å². The largest absolute Gasteiger partial charge is 0.208 e. The van der Waals surface area contributed by atoms with Crippen LogP contribution in [0.5, 0.6) is 0 Å². The van der Waals surface area contributed by atoms with E-state index >= 15 is 0 Å². The highest BCUT2D eigenvalue weighted by Gasteiger charge is 2.19. The van der Waals surface area contributed by atoms with Gasteiger partial charge < -0.3 is 0 Å². The SMILES string of the molecule is N#Cc1ccc(-c2cccc(-c3nc(-c4cccc(-c5ccccc5)c4)nc(-c4cc5ccc6cccc7c8cccc9ccc%10cccc(c(c4)c5c67)c%10c98)n3)c2)cc1. The van der Waals surface area contributed by atoms with Gasteiger partial charge in [0, 0.05) is 16.7 Å². The van der Waals surface area contributed by atoms with Crippen molar-refractivity contribution in [3.8, 4) is 62.5 Å². The van der Waals surface area contributed by atoms with Crippen molar-refractivity contribution in [2.45, 2.75) is 0 Å². The molecule has 0 aliphatic heterocycles. The molecule has 0 radical (unpaired) electrons. The Kier molecular flexibility index (Phi) is 7.57. The smallest absolute Gasteiger partial charge is 0.164 e. The summed E-state index contributed by atoms with van der Waals surface area (Å²) in [6.07, 6.45) is 0. The molecule has 60 heavy (non-hydrogen) atoms. The molecular formula is C56H32N4. The molecule has 1 heterocycles. The lowest BCUT2D eigenvalue weighted by Crippen LogP contribution is -2.01. The highest BCUT2D eigenvalue weighted by atomic mass is 15.0. The number of rotatable bonds is 5. The van der Waals surface area contributed by atoms with Crippen LogP contribution in [0.15, 0.2) is 194 Å². The van der Waals surface area contributed by atoms with E-state index in [1.165, 1.54) is 53.9 Å². The first-order valence-electron chi connectivity index (χ1n) is 20.1. The molecule has 0 unspecified atom stereocenters. The molecule has 1 aromatic heterocycles. The van der Waals surface area contributed by atoms with Crippen molar-refractivity contribution in [3.63, 3.8) is 0 Å². The predicted octanol–water partition coefficient (Wildman–Crippen LogP) is 14.4. The average Bonchev–Trinajstić information content (AvgIpc) is 3.32. The van der Waals surface area contributed by atoms with Crippen molar-refractivity contribution in [3.05, 3.63) is 200 Å². The summed E-state index contributed by atoms with van der Waals surface area (Å²) in [6, 6.07) is 70.6. The third kappa shape index (κ3) is 5.41. The van der Waals surface area contributed by atoms with Gasteiger partial charge in [0.05, 0.1) is 11.6 Å². The molecule has 0 fully saturated rings. The summed E-state index contributed by atoms with van der Waals surface area (Å²) in [4.78, 5) is 15.8. The minimum atomic E-state index is 0.583. The van der Waals surface area contributed by atoms with Crippen molar-refractivity contribution >= 4 is 64.6 Å². The van der Waals surface area contributed by atoms with Gasteiger partial charge in [0.25, 0.3) is 0 Å². The van der Waals surface area contributed by atoms with E-state index in [1.807, 2.05) is 36.4 Å². The maximum absolute atomic E-state index is 9.42. The molecule has 11 aromatic carbocycles. The Bertz CT molecular complexity index is 3710. The Labute approximate surface area is 345 Å². The zero-order valence-electron chi connectivity index (χ0n) is 32.3. The molecule has 0 bridgehead atoms.